The number of hydrogen-bond donors (Lipinski definition) is 1. The van der Waals surface area contributed by atoms with Crippen molar-refractivity contribution in [2.45, 2.75) is 58.9 Å². The van der Waals surface area contributed by atoms with Gasteiger partial charge in [-0.15, -0.1) is 0 Å². The van der Waals surface area contributed by atoms with Gasteiger partial charge in [0.1, 0.15) is 5.78 Å². The summed E-state index contributed by atoms with van der Waals surface area (Å²) in [5.74, 6) is 1.51. The molecule has 0 saturated heterocycles. The van der Waals surface area contributed by atoms with Crippen molar-refractivity contribution in [3.05, 3.63) is 0 Å². The van der Waals surface area contributed by atoms with E-state index >= 15 is 0 Å². The Labute approximate surface area is 93.6 Å². The van der Waals surface area contributed by atoms with E-state index in [1.54, 1.807) is 0 Å². The lowest BCUT2D eigenvalue weighted by atomic mass is 9.75. The monoisotopic (exact) mass is 211 g/mol. The van der Waals surface area contributed by atoms with Gasteiger partial charge in [0.2, 0.25) is 0 Å². The number of carbonyl (C=O) groups is 1. The Morgan fingerprint density at radius 3 is 2.60 bits per heavy atom. The fourth-order valence-corrected chi connectivity index (χ4v) is 2.55. The lowest BCUT2D eigenvalue weighted by Gasteiger charge is -2.30. The summed E-state index contributed by atoms with van der Waals surface area (Å²) in [4.78, 5) is 12.1. The summed E-state index contributed by atoms with van der Waals surface area (Å²) in [6.45, 7) is 6.14. The van der Waals surface area contributed by atoms with Crippen molar-refractivity contribution in [1.82, 2.24) is 0 Å². The van der Waals surface area contributed by atoms with Crippen molar-refractivity contribution in [2.75, 3.05) is 0 Å². The van der Waals surface area contributed by atoms with Crippen LogP contribution in [0.4, 0.5) is 0 Å². The van der Waals surface area contributed by atoms with Crippen molar-refractivity contribution < 1.29 is 4.79 Å². The molecule has 1 rings (SSSR count). The van der Waals surface area contributed by atoms with Crippen LogP contribution in [0.5, 0.6) is 0 Å². The van der Waals surface area contributed by atoms with E-state index in [-0.39, 0.29) is 12.0 Å². The van der Waals surface area contributed by atoms with Crippen LogP contribution in [0.1, 0.15) is 52.9 Å². The van der Waals surface area contributed by atoms with Gasteiger partial charge in [0.25, 0.3) is 0 Å². The second kappa shape index (κ2) is 5.64. The first-order valence-electron chi connectivity index (χ1n) is 6.35. The SMILES string of the molecule is CCC1CCCC(C(=O)C(C)C(C)N)C1. The molecule has 0 bridgehead atoms. The Morgan fingerprint density at radius 1 is 1.40 bits per heavy atom. The Morgan fingerprint density at radius 2 is 2.07 bits per heavy atom. The Hall–Kier alpha value is -0.370. The molecule has 4 atom stereocenters. The molecule has 0 amide bonds. The highest BCUT2D eigenvalue weighted by molar-refractivity contribution is 5.83. The molecule has 0 aromatic carbocycles. The van der Waals surface area contributed by atoms with E-state index in [1.807, 2.05) is 13.8 Å². The standard InChI is InChI=1S/C13H25NO/c1-4-11-6-5-7-12(8-11)13(15)9(2)10(3)14/h9-12H,4-8,14H2,1-3H3. The molecule has 0 aromatic heterocycles. The van der Waals surface area contributed by atoms with Crippen molar-refractivity contribution >= 4 is 5.78 Å². The molecule has 0 aliphatic heterocycles. The van der Waals surface area contributed by atoms with Gasteiger partial charge in [0.15, 0.2) is 0 Å². The molecule has 0 spiro atoms. The molecule has 2 N–H and O–H groups in total. The Balaban J connectivity index is 2.52. The van der Waals surface area contributed by atoms with Gasteiger partial charge in [0.05, 0.1) is 0 Å². The third-order valence-corrected chi connectivity index (χ3v) is 4.00. The maximum absolute atomic E-state index is 12.1. The molecular weight excluding hydrogens is 186 g/mol. The lowest BCUT2D eigenvalue weighted by Crippen LogP contribution is -2.36. The van der Waals surface area contributed by atoms with Crippen LogP contribution in [0.25, 0.3) is 0 Å². The topological polar surface area (TPSA) is 43.1 Å². The number of carbonyl (C=O) groups excluding carboxylic acids is 1. The van der Waals surface area contributed by atoms with Crippen LogP contribution < -0.4 is 5.73 Å². The fourth-order valence-electron chi connectivity index (χ4n) is 2.55. The molecule has 0 heterocycles. The summed E-state index contributed by atoms with van der Waals surface area (Å²) in [6.07, 6.45) is 5.95. The Bertz CT molecular complexity index is 213. The molecule has 0 aromatic rings. The second-order valence-corrected chi connectivity index (χ2v) is 5.19. The van der Waals surface area contributed by atoms with E-state index in [1.165, 1.54) is 19.3 Å². The zero-order valence-electron chi connectivity index (χ0n) is 10.3. The summed E-state index contributed by atoms with van der Waals surface area (Å²) in [5, 5.41) is 0. The molecule has 1 aliphatic carbocycles. The molecule has 1 fully saturated rings. The van der Waals surface area contributed by atoms with Gasteiger partial charge < -0.3 is 5.73 Å². The van der Waals surface area contributed by atoms with Crippen LogP contribution in [0.15, 0.2) is 0 Å². The number of rotatable bonds is 4. The van der Waals surface area contributed by atoms with Gasteiger partial charge in [-0.25, -0.2) is 0 Å². The zero-order chi connectivity index (χ0) is 11.4. The first-order chi connectivity index (χ1) is 7.06. The van der Waals surface area contributed by atoms with E-state index in [2.05, 4.69) is 6.92 Å². The molecule has 4 unspecified atom stereocenters. The molecule has 2 nitrogen and oxygen atoms in total. The first-order valence-corrected chi connectivity index (χ1v) is 6.35. The molecule has 15 heavy (non-hydrogen) atoms. The zero-order valence-corrected chi connectivity index (χ0v) is 10.3. The normalized spacial score (nSPS) is 30.9. The van der Waals surface area contributed by atoms with Crippen LogP contribution in [-0.2, 0) is 4.79 Å². The second-order valence-electron chi connectivity index (χ2n) is 5.19. The average molecular weight is 211 g/mol. The maximum Gasteiger partial charge on any atom is 0.140 e. The van der Waals surface area contributed by atoms with E-state index in [0.717, 1.165) is 18.8 Å². The number of hydrogen-bond acceptors (Lipinski definition) is 2. The fraction of sp³-hybridized carbons (Fsp3) is 0.923. The van der Waals surface area contributed by atoms with Crippen molar-refractivity contribution in [3.63, 3.8) is 0 Å². The van der Waals surface area contributed by atoms with E-state index in [0.29, 0.717) is 11.7 Å². The van der Waals surface area contributed by atoms with Gasteiger partial charge in [-0.2, -0.15) is 0 Å². The lowest BCUT2D eigenvalue weighted by molar-refractivity contribution is -0.128. The highest BCUT2D eigenvalue weighted by Crippen LogP contribution is 2.33. The molecule has 1 aliphatic rings. The van der Waals surface area contributed by atoms with Crippen LogP contribution in [0, 0.1) is 17.8 Å². The van der Waals surface area contributed by atoms with E-state index < -0.39 is 0 Å². The third kappa shape index (κ3) is 3.30. The molecule has 0 radical (unpaired) electrons. The predicted molar refractivity (Wildman–Crippen MR) is 63.6 cm³/mol. The highest BCUT2D eigenvalue weighted by atomic mass is 16.1. The van der Waals surface area contributed by atoms with Gasteiger partial charge in [-0.05, 0) is 25.7 Å². The van der Waals surface area contributed by atoms with Gasteiger partial charge in [0, 0.05) is 17.9 Å². The summed E-state index contributed by atoms with van der Waals surface area (Å²) in [5.41, 5.74) is 5.79. The highest BCUT2D eigenvalue weighted by Gasteiger charge is 2.30. The van der Waals surface area contributed by atoms with Crippen molar-refractivity contribution in [3.8, 4) is 0 Å². The van der Waals surface area contributed by atoms with Gasteiger partial charge >= 0.3 is 0 Å². The van der Waals surface area contributed by atoms with E-state index in [9.17, 15) is 4.79 Å². The minimum atomic E-state index is -0.000460. The number of Topliss-reactive ketones (excluding diaryl/α,β-unsaturated/α-hetero) is 1. The van der Waals surface area contributed by atoms with Gasteiger partial charge in [-0.1, -0.05) is 33.1 Å². The summed E-state index contributed by atoms with van der Waals surface area (Å²) in [6, 6.07) is -0.000460. The van der Waals surface area contributed by atoms with Crippen LogP contribution in [-0.4, -0.2) is 11.8 Å². The smallest absolute Gasteiger partial charge is 0.140 e. The first kappa shape index (κ1) is 12.7. The Kier molecular flexibility index (Phi) is 4.78. The maximum atomic E-state index is 12.1. The summed E-state index contributed by atoms with van der Waals surface area (Å²) >= 11 is 0. The molecule has 88 valence electrons. The van der Waals surface area contributed by atoms with Crippen LogP contribution in [0.2, 0.25) is 0 Å². The minimum absolute atomic E-state index is 0.000460. The summed E-state index contributed by atoms with van der Waals surface area (Å²) in [7, 11) is 0. The molecular formula is C13H25NO. The predicted octanol–water partition coefficient (Wildman–Crippen LogP) is 2.76. The minimum Gasteiger partial charge on any atom is -0.327 e. The van der Waals surface area contributed by atoms with Crippen LogP contribution in [0.3, 0.4) is 0 Å². The van der Waals surface area contributed by atoms with Gasteiger partial charge in [-0.3, -0.25) is 4.79 Å². The van der Waals surface area contributed by atoms with E-state index in [4.69, 9.17) is 5.73 Å². The molecule has 1 saturated carbocycles. The largest absolute Gasteiger partial charge is 0.327 e. The molecule has 2 heteroatoms. The van der Waals surface area contributed by atoms with Crippen LogP contribution >= 0.6 is 0 Å². The number of ketones is 1. The van der Waals surface area contributed by atoms with Crippen molar-refractivity contribution in [1.29, 1.82) is 0 Å². The summed E-state index contributed by atoms with van der Waals surface area (Å²) < 4.78 is 0. The average Bonchev–Trinajstić information content (AvgIpc) is 2.27. The third-order valence-electron chi connectivity index (χ3n) is 4.00. The quantitative estimate of drug-likeness (QED) is 0.777. The number of nitrogens with two attached hydrogens (primary N) is 1. The van der Waals surface area contributed by atoms with Crippen molar-refractivity contribution in [2.24, 2.45) is 23.5 Å².